The van der Waals surface area contributed by atoms with Crippen LogP contribution < -0.4 is 10.0 Å². The van der Waals surface area contributed by atoms with Crippen molar-refractivity contribution in [3.63, 3.8) is 0 Å². The highest BCUT2D eigenvalue weighted by molar-refractivity contribution is 7.89. The molecule has 0 radical (unpaired) electrons. The van der Waals surface area contributed by atoms with E-state index in [1.54, 1.807) is 37.3 Å². The first kappa shape index (κ1) is 20.6. The highest BCUT2D eigenvalue weighted by atomic mass is 32.2. The first-order chi connectivity index (χ1) is 13.8. The molecule has 0 bridgehead atoms. The molecule has 0 saturated heterocycles. The van der Waals surface area contributed by atoms with Gasteiger partial charge in [-0.25, -0.2) is 21.9 Å². The van der Waals surface area contributed by atoms with Crippen molar-refractivity contribution in [1.82, 2.24) is 4.72 Å². The minimum Gasteiger partial charge on any atom is -0.322 e. The molecule has 1 amide bonds. The summed E-state index contributed by atoms with van der Waals surface area (Å²) in [7, 11) is -4.20. The summed E-state index contributed by atoms with van der Waals surface area (Å²) in [4.78, 5) is 11.8. The number of amides is 1. The summed E-state index contributed by atoms with van der Waals surface area (Å²) < 4.78 is 55.2. The van der Waals surface area contributed by atoms with Crippen molar-refractivity contribution in [2.45, 2.75) is 18.4 Å². The fraction of sp³-hybridized carbons (Fsp3) is 0.0952. The Morgan fingerprint density at radius 3 is 2.34 bits per heavy atom. The topological polar surface area (TPSA) is 75.3 Å². The number of benzene rings is 3. The van der Waals surface area contributed by atoms with Crippen LogP contribution in [0.25, 0.3) is 0 Å². The van der Waals surface area contributed by atoms with E-state index in [2.05, 4.69) is 10.0 Å². The molecule has 0 aliphatic carbocycles. The Hall–Kier alpha value is -3.10. The van der Waals surface area contributed by atoms with E-state index < -0.39 is 32.5 Å². The average Bonchev–Trinajstić information content (AvgIpc) is 2.70. The lowest BCUT2D eigenvalue weighted by molar-refractivity contribution is 0.102. The van der Waals surface area contributed by atoms with Crippen molar-refractivity contribution < 1.29 is 22.0 Å². The van der Waals surface area contributed by atoms with E-state index in [1.807, 2.05) is 0 Å². The first-order valence-corrected chi connectivity index (χ1v) is 10.2. The molecule has 150 valence electrons. The number of sulfonamides is 1. The highest BCUT2D eigenvalue weighted by Gasteiger charge is 2.21. The molecule has 5 nitrogen and oxygen atoms in total. The number of rotatable bonds is 6. The molecule has 0 atom stereocenters. The van der Waals surface area contributed by atoms with E-state index >= 15 is 0 Å². The van der Waals surface area contributed by atoms with Crippen LogP contribution in [0, 0.1) is 18.6 Å². The number of anilines is 1. The Bertz CT molecular complexity index is 1150. The second-order valence-electron chi connectivity index (χ2n) is 6.37. The summed E-state index contributed by atoms with van der Waals surface area (Å²) in [5.74, 6) is -2.16. The maximum Gasteiger partial charge on any atom is 0.255 e. The number of carbonyl (C=O) groups is 1. The van der Waals surface area contributed by atoms with Crippen LogP contribution >= 0.6 is 0 Å². The molecule has 2 N–H and O–H groups in total. The molecular formula is C21H18F2N2O3S. The summed E-state index contributed by atoms with van der Waals surface area (Å²) in [6.45, 7) is 1.56. The second kappa shape index (κ2) is 8.50. The summed E-state index contributed by atoms with van der Waals surface area (Å²) in [5, 5.41) is 2.47. The minimum absolute atomic E-state index is 0.0261. The summed E-state index contributed by atoms with van der Waals surface area (Å²) in [6.07, 6.45) is 0. The molecule has 0 heterocycles. The van der Waals surface area contributed by atoms with Crippen molar-refractivity contribution >= 4 is 21.6 Å². The highest BCUT2D eigenvalue weighted by Crippen LogP contribution is 2.19. The van der Waals surface area contributed by atoms with Crippen LogP contribution in [0.4, 0.5) is 14.5 Å². The Kier molecular flexibility index (Phi) is 6.05. The molecule has 3 rings (SSSR count). The third-order valence-electron chi connectivity index (χ3n) is 4.22. The van der Waals surface area contributed by atoms with E-state index in [1.165, 1.54) is 12.1 Å². The molecule has 0 aliphatic heterocycles. The van der Waals surface area contributed by atoms with Gasteiger partial charge in [0.2, 0.25) is 10.0 Å². The van der Waals surface area contributed by atoms with Crippen molar-refractivity contribution in [3.8, 4) is 0 Å². The monoisotopic (exact) mass is 416 g/mol. The standard InChI is InChI=1S/C21H18F2N2O3S/c1-14-7-9-17(12-19(14)23)25-21(26)16-8-10-18(22)20(11-16)29(27,28)24-13-15-5-3-2-4-6-15/h2-12,24H,13H2,1H3,(H,25,26). The molecule has 0 aliphatic rings. The zero-order chi connectivity index (χ0) is 21.0. The Morgan fingerprint density at radius 2 is 1.66 bits per heavy atom. The van der Waals surface area contributed by atoms with Crippen LogP contribution in [0.15, 0.2) is 71.6 Å². The van der Waals surface area contributed by atoms with Gasteiger partial charge < -0.3 is 5.32 Å². The van der Waals surface area contributed by atoms with Crippen molar-refractivity contribution in [2.75, 3.05) is 5.32 Å². The number of hydrogen-bond donors (Lipinski definition) is 2. The van der Waals surface area contributed by atoms with Crippen LogP contribution in [0.1, 0.15) is 21.5 Å². The Balaban J connectivity index is 1.81. The summed E-state index contributed by atoms with van der Waals surface area (Å²) in [5.41, 5.74) is 1.25. The van der Waals surface area contributed by atoms with E-state index in [0.29, 0.717) is 11.1 Å². The third kappa shape index (κ3) is 5.04. The van der Waals surface area contributed by atoms with Crippen LogP contribution in [0.5, 0.6) is 0 Å². The average molecular weight is 416 g/mol. The molecule has 29 heavy (non-hydrogen) atoms. The maximum atomic E-state index is 14.2. The van der Waals surface area contributed by atoms with E-state index in [9.17, 15) is 22.0 Å². The van der Waals surface area contributed by atoms with Crippen LogP contribution in [-0.4, -0.2) is 14.3 Å². The lowest BCUT2D eigenvalue weighted by Gasteiger charge is -2.10. The van der Waals surface area contributed by atoms with Gasteiger partial charge in [0.25, 0.3) is 5.91 Å². The third-order valence-corrected chi connectivity index (χ3v) is 5.64. The minimum atomic E-state index is -4.20. The van der Waals surface area contributed by atoms with Crippen molar-refractivity contribution in [3.05, 3.63) is 95.1 Å². The van der Waals surface area contributed by atoms with Crippen molar-refractivity contribution in [2.24, 2.45) is 0 Å². The number of halogens is 2. The van der Waals surface area contributed by atoms with Gasteiger partial charge in [-0.3, -0.25) is 4.79 Å². The van der Waals surface area contributed by atoms with E-state index in [4.69, 9.17) is 0 Å². The summed E-state index contributed by atoms with van der Waals surface area (Å²) in [6, 6.07) is 15.9. The van der Waals surface area contributed by atoms with Gasteiger partial charge >= 0.3 is 0 Å². The normalized spacial score (nSPS) is 11.3. The molecule has 0 aromatic heterocycles. The molecule has 0 fully saturated rings. The largest absolute Gasteiger partial charge is 0.322 e. The van der Waals surface area contributed by atoms with E-state index in [-0.39, 0.29) is 17.8 Å². The van der Waals surface area contributed by atoms with Gasteiger partial charge in [-0.1, -0.05) is 36.4 Å². The zero-order valence-electron chi connectivity index (χ0n) is 15.4. The zero-order valence-corrected chi connectivity index (χ0v) is 16.3. The van der Waals surface area contributed by atoms with Gasteiger partial charge in [0.1, 0.15) is 16.5 Å². The maximum absolute atomic E-state index is 14.2. The SMILES string of the molecule is Cc1ccc(NC(=O)c2ccc(F)c(S(=O)(=O)NCc3ccccc3)c2)cc1F. The van der Waals surface area contributed by atoms with Gasteiger partial charge in [0.05, 0.1) is 0 Å². The second-order valence-corrected chi connectivity index (χ2v) is 8.11. The quantitative estimate of drug-likeness (QED) is 0.638. The smallest absolute Gasteiger partial charge is 0.255 e. The Morgan fingerprint density at radius 1 is 0.931 bits per heavy atom. The van der Waals surface area contributed by atoms with Gasteiger partial charge in [-0.2, -0.15) is 0 Å². The van der Waals surface area contributed by atoms with Gasteiger partial charge in [-0.05, 0) is 48.4 Å². The lowest BCUT2D eigenvalue weighted by atomic mass is 10.2. The fourth-order valence-electron chi connectivity index (χ4n) is 2.58. The molecular weight excluding hydrogens is 398 g/mol. The van der Waals surface area contributed by atoms with Gasteiger partial charge in [0.15, 0.2) is 0 Å². The predicted molar refractivity (Wildman–Crippen MR) is 106 cm³/mol. The van der Waals surface area contributed by atoms with Crippen LogP contribution in [0.2, 0.25) is 0 Å². The predicted octanol–water partition coefficient (Wildman–Crippen LogP) is 4.00. The molecule has 0 saturated carbocycles. The van der Waals surface area contributed by atoms with Crippen LogP contribution in [-0.2, 0) is 16.6 Å². The molecule has 0 spiro atoms. The number of carbonyl (C=O) groups excluding carboxylic acids is 1. The number of aryl methyl sites for hydroxylation is 1. The fourth-order valence-corrected chi connectivity index (χ4v) is 3.70. The first-order valence-electron chi connectivity index (χ1n) is 8.67. The van der Waals surface area contributed by atoms with Gasteiger partial charge in [0, 0.05) is 17.8 Å². The molecule has 0 unspecified atom stereocenters. The van der Waals surface area contributed by atoms with Crippen molar-refractivity contribution in [1.29, 1.82) is 0 Å². The van der Waals surface area contributed by atoms with Crippen LogP contribution in [0.3, 0.4) is 0 Å². The molecule has 3 aromatic rings. The lowest BCUT2D eigenvalue weighted by Crippen LogP contribution is -2.25. The molecule has 3 aromatic carbocycles. The van der Waals surface area contributed by atoms with Gasteiger partial charge in [-0.15, -0.1) is 0 Å². The number of nitrogens with one attached hydrogen (secondary N) is 2. The Labute approximate surface area is 167 Å². The van der Waals surface area contributed by atoms with E-state index in [0.717, 1.165) is 24.3 Å². The molecule has 8 heteroatoms. The summed E-state index contributed by atoms with van der Waals surface area (Å²) >= 11 is 0. The number of hydrogen-bond acceptors (Lipinski definition) is 3.